The molecule has 0 bridgehead atoms. The fourth-order valence-corrected chi connectivity index (χ4v) is 1.20. The normalized spacial score (nSPS) is 12.4. The zero-order valence-electron chi connectivity index (χ0n) is 9.50. The third kappa shape index (κ3) is 3.66. The maximum Gasteiger partial charge on any atom is 0.319 e. The molecule has 0 aromatic carbocycles. The lowest BCUT2D eigenvalue weighted by Crippen LogP contribution is -2.43. The Kier molecular flexibility index (Phi) is 5.51. The highest BCUT2D eigenvalue weighted by molar-refractivity contribution is 5.74. The number of rotatable bonds is 4. The first-order valence-corrected chi connectivity index (χ1v) is 5.02. The summed E-state index contributed by atoms with van der Waals surface area (Å²) in [5, 5.41) is 0. The van der Waals surface area contributed by atoms with Gasteiger partial charge in [0.2, 0.25) is 0 Å². The van der Waals surface area contributed by atoms with Crippen LogP contribution >= 0.6 is 0 Å². The summed E-state index contributed by atoms with van der Waals surface area (Å²) in [6, 6.07) is 0.454. The third-order valence-electron chi connectivity index (χ3n) is 2.47. The Hall–Kier alpha value is -0.730. The second-order valence-electron chi connectivity index (χ2n) is 3.55. The van der Waals surface area contributed by atoms with E-state index >= 15 is 0 Å². The molecule has 13 heavy (non-hydrogen) atoms. The second-order valence-corrected chi connectivity index (χ2v) is 3.55. The fraction of sp³-hybridized carbons (Fsp3) is 0.900. The molecular weight excluding hydrogens is 164 g/mol. The summed E-state index contributed by atoms with van der Waals surface area (Å²) in [5.74, 6) is 0. The van der Waals surface area contributed by atoms with E-state index in [-0.39, 0.29) is 6.03 Å². The highest BCUT2D eigenvalue weighted by Crippen LogP contribution is 2.06. The van der Waals surface area contributed by atoms with Crippen molar-refractivity contribution >= 4 is 6.03 Å². The lowest BCUT2D eigenvalue weighted by molar-refractivity contribution is 0.159. The maximum absolute atomic E-state index is 11.6. The van der Waals surface area contributed by atoms with Crippen molar-refractivity contribution in [3.8, 4) is 0 Å². The molecule has 0 aliphatic carbocycles. The molecule has 1 atom stereocenters. The van der Waals surface area contributed by atoms with Gasteiger partial charge >= 0.3 is 6.03 Å². The van der Waals surface area contributed by atoms with Crippen LogP contribution in [0, 0.1) is 0 Å². The molecule has 0 aromatic rings. The van der Waals surface area contributed by atoms with Crippen LogP contribution in [-0.4, -0.2) is 42.5 Å². The van der Waals surface area contributed by atoms with E-state index in [9.17, 15) is 4.79 Å². The van der Waals surface area contributed by atoms with Crippen molar-refractivity contribution in [2.75, 3.05) is 20.6 Å². The largest absolute Gasteiger partial charge is 0.328 e. The average Bonchev–Trinajstić information content (AvgIpc) is 2.14. The number of amides is 2. The van der Waals surface area contributed by atoms with Crippen molar-refractivity contribution in [1.29, 1.82) is 0 Å². The summed E-state index contributed by atoms with van der Waals surface area (Å²) in [4.78, 5) is 15.2. The zero-order valence-corrected chi connectivity index (χ0v) is 9.50. The topological polar surface area (TPSA) is 23.6 Å². The van der Waals surface area contributed by atoms with Gasteiger partial charge in [0.1, 0.15) is 0 Å². The summed E-state index contributed by atoms with van der Waals surface area (Å²) in [5.41, 5.74) is 0. The predicted octanol–water partition coefficient (Wildman–Crippen LogP) is 2.18. The van der Waals surface area contributed by atoms with E-state index in [1.54, 1.807) is 4.90 Å². The SMILES string of the molecule is CCCC(C)N(C)C(=O)N(C)CC. The first-order valence-electron chi connectivity index (χ1n) is 5.02. The monoisotopic (exact) mass is 186 g/mol. The smallest absolute Gasteiger partial charge is 0.319 e. The Bertz CT molecular complexity index is 159. The molecule has 0 saturated heterocycles. The average molecular weight is 186 g/mol. The summed E-state index contributed by atoms with van der Waals surface area (Å²) in [7, 11) is 3.70. The van der Waals surface area contributed by atoms with Gasteiger partial charge in [-0.15, -0.1) is 0 Å². The van der Waals surface area contributed by atoms with Gasteiger partial charge in [0.05, 0.1) is 0 Å². The highest BCUT2D eigenvalue weighted by Gasteiger charge is 2.17. The maximum atomic E-state index is 11.6. The van der Waals surface area contributed by atoms with Gasteiger partial charge in [-0.2, -0.15) is 0 Å². The van der Waals surface area contributed by atoms with Gasteiger partial charge in [-0.1, -0.05) is 13.3 Å². The molecule has 3 nitrogen and oxygen atoms in total. The Labute approximate surface area is 81.7 Å². The molecule has 78 valence electrons. The number of hydrogen-bond acceptors (Lipinski definition) is 1. The second kappa shape index (κ2) is 5.84. The van der Waals surface area contributed by atoms with E-state index in [1.165, 1.54) is 0 Å². The van der Waals surface area contributed by atoms with Gasteiger partial charge in [-0.05, 0) is 20.3 Å². The van der Waals surface area contributed by atoms with Gasteiger partial charge in [0.15, 0.2) is 0 Å². The Morgan fingerprint density at radius 1 is 1.31 bits per heavy atom. The van der Waals surface area contributed by atoms with Gasteiger partial charge < -0.3 is 9.80 Å². The number of urea groups is 1. The molecular formula is C10H22N2O. The predicted molar refractivity (Wildman–Crippen MR) is 55.8 cm³/mol. The summed E-state index contributed by atoms with van der Waals surface area (Å²) in [6.45, 7) is 6.97. The van der Waals surface area contributed by atoms with Crippen LogP contribution in [0.1, 0.15) is 33.6 Å². The first kappa shape index (κ1) is 12.3. The molecule has 0 saturated carbocycles. The Balaban J connectivity index is 4.08. The Morgan fingerprint density at radius 2 is 1.85 bits per heavy atom. The summed E-state index contributed by atoms with van der Waals surface area (Å²) in [6.07, 6.45) is 2.19. The lowest BCUT2D eigenvalue weighted by Gasteiger charge is -2.28. The van der Waals surface area contributed by atoms with Crippen LogP contribution in [0.5, 0.6) is 0 Å². The van der Waals surface area contributed by atoms with Crippen LogP contribution in [0.2, 0.25) is 0 Å². The van der Waals surface area contributed by atoms with Gasteiger partial charge in [0, 0.05) is 26.7 Å². The first-order chi connectivity index (χ1) is 6.04. The number of carbonyl (C=O) groups is 1. The third-order valence-corrected chi connectivity index (χ3v) is 2.47. The Morgan fingerprint density at radius 3 is 2.23 bits per heavy atom. The van der Waals surface area contributed by atoms with Crippen molar-refractivity contribution in [3.05, 3.63) is 0 Å². The van der Waals surface area contributed by atoms with Crippen molar-refractivity contribution in [1.82, 2.24) is 9.80 Å². The zero-order chi connectivity index (χ0) is 10.4. The summed E-state index contributed by atoms with van der Waals surface area (Å²) >= 11 is 0. The molecule has 0 N–H and O–H groups in total. The molecule has 0 spiro atoms. The number of hydrogen-bond donors (Lipinski definition) is 0. The van der Waals surface area contributed by atoms with Crippen LogP contribution in [0.15, 0.2) is 0 Å². The molecule has 2 amide bonds. The molecule has 0 fully saturated rings. The lowest BCUT2D eigenvalue weighted by atomic mass is 10.2. The van der Waals surface area contributed by atoms with Crippen LogP contribution in [-0.2, 0) is 0 Å². The molecule has 3 heteroatoms. The molecule has 0 aliphatic heterocycles. The van der Waals surface area contributed by atoms with E-state index < -0.39 is 0 Å². The highest BCUT2D eigenvalue weighted by atomic mass is 16.2. The van der Waals surface area contributed by atoms with Crippen LogP contribution in [0.3, 0.4) is 0 Å². The van der Waals surface area contributed by atoms with Crippen molar-refractivity contribution in [2.45, 2.75) is 39.7 Å². The van der Waals surface area contributed by atoms with Crippen LogP contribution in [0.4, 0.5) is 4.79 Å². The van der Waals surface area contributed by atoms with Crippen LogP contribution < -0.4 is 0 Å². The summed E-state index contributed by atoms with van der Waals surface area (Å²) < 4.78 is 0. The standard InChI is InChI=1S/C10H22N2O/c1-6-8-9(3)12(5)10(13)11(4)7-2/h9H,6-8H2,1-5H3. The van der Waals surface area contributed by atoms with E-state index in [2.05, 4.69) is 13.8 Å². The molecule has 0 radical (unpaired) electrons. The van der Waals surface area contributed by atoms with Crippen molar-refractivity contribution in [2.24, 2.45) is 0 Å². The van der Waals surface area contributed by atoms with E-state index in [0.717, 1.165) is 19.4 Å². The molecule has 0 aliphatic rings. The number of carbonyl (C=O) groups excluding carboxylic acids is 1. The van der Waals surface area contributed by atoms with E-state index in [0.29, 0.717) is 6.04 Å². The molecule has 1 unspecified atom stereocenters. The van der Waals surface area contributed by atoms with E-state index in [1.807, 2.05) is 25.9 Å². The molecule has 0 aromatic heterocycles. The quantitative estimate of drug-likeness (QED) is 0.660. The van der Waals surface area contributed by atoms with E-state index in [4.69, 9.17) is 0 Å². The molecule has 0 rings (SSSR count). The minimum Gasteiger partial charge on any atom is -0.328 e. The fourth-order valence-electron chi connectivity index (χ4n) is 1.20. The van der Waals surface area contributed by atoms with Crippen molar-refractivity contribution in [3.63, 3.8) is 0 Å². The van der Waals surface area contributed by atoms with Gasteiger partial charge in [0.25, 0.3) is 0 Å². The van der Waals surface area contributed by atoms with Gasteiger partial charge in [-0.25, -0.2) is 4.79 Å². The minimum atomic E-state index is 0.114. The minimum absolute atomic E-state index is 0.114. The van der Waals surface area contributed by atoms with Crippen LogP contribution in [0.25, 0.3) is 0 Å². The van der Waals surface area contributed by atoms with Gasteiger partial charge in [-0.3, -0.25) is 0 Å². The van der Waals surface area contributed by atoms with Crippen molar-refractivity contribution < 1.29 is 4.79 Å². The molecule has 0 heterocycles. The number of nitrogens with zero attached hydrogens (tertiary/aromatic N) is 2.